The van der Waals surface area contributed by atoms with Crippen LogP contribution in [-0.2, 0) is 17.6 Å². The van der Waals surface area contributed by atoms with E-state index in [1.165, 1.54) is 24.5 Å². The van der Waals surface area contributed by atoms with Crippen LogP contribution >= 0.6 is 11.3 Å². The average Bonchev–Trinajstić information content (AvgIpc) is 3.10. The molecule has 0 saturated carbocycles. The third-order valence-electron chi connectivity index (χ3n) is 4.87. The molecule has 31 heavy (non-hydrogen) atoms. The van der Waals surface area contributed by atoms with Gasteiger partial charge >= 0.3 is 0 Å². The summed E-state index contributed by atoms with van der Waals surface area (Å²) in [6.45, 7) is 3.82. The summed E-state index contributed by atoms with van der Waals surface area (Å²) >= 11 is 1.36. The molecule has 0 fully saturated rings. The van der Waals surface area contributed by atoms with E-state index >= 15 is 0 Å². The van der Waals surface area contributed by atoms with Gasteiger partial charge in [-0.25, -0.2) is 0 Å². The Labute approximate surface area is 185 Å². The van der Waals surface area contributed by atoms with Gasteiger partial charge in [0.05, 0.1) is 18.8 Å². The normalized spacial score (nSPS) is 13.3. The number of nitrogens with one attached hydrogen (secondary N) is 1. The summed E-state index contributed by atoms with van der Waals surface area (Å²) in [6, 6.07) is 7.10. The lowest BCUT2D eigenvalue weighted by molar-refractivity contribution is -0.112. The Balaban J connectivity index is 1.88. The number of benzene rings is 1. The van der Waals surface area contributed by atoms with E-state index in [2.05, 4.69) is 5.32 Å². The summed E-state index contributed by atoms with van der Waals surface area (Å²) in [5.74, 6) is -0.0808. The predicted molar refractivity (Wildman–Crippen MR) is 120 cm³/mol. The molecule has 0 saturated heterocycles. The van der Waals surface area contributed by atoms with Crippen LogP contribution in [0.5, 0.6) is 11.5 Å². The maximum Gasteiger partial charge on any atom is 0.266 e. The van der Waals surface area contributed by atoms with E-state index in [0.29, 0.717) is 27.6 Å². The minimum Gasteiger partial charge on any atom is -0.493 e. The number of carbonyl (C=O) groups is 2. The third kappa shape index (κ3) is 5.06. The Bertz CT molecular complexity index is 1080. The van der Waals surface area contributed by atoms with Gasteiger partial charge in [-0.15, -0.1) is 11.3 Å². The lowest BCUT2D eigenvalue weighted by Gasteiger charge is -2.14. The van der Waals surface area contributed by atoms with Crippen LogP contribution in [-0.4, -0.2) is 25.0 Å². The highest BCUT2D eigenvalue weighted by molar-refractivity contribution is 7.17. The molecule has 0 atom stereocenters. The molecule has 1 heterocycles. The Kier molecular flexibility index (Phi) is 6.98. The molecule has 1 aromatic heterocycles. The van der Waals surface area contributed by atoms with Crippen LogP contribution in [0.2, 0.25) is 0 Å². The van der Waals surface area contributed by atoms with Crippen LogP contribution in [0, 0.1) is 11.3 Å². The number of anilines is 1. The first-order valence-electron chi connectivity index (χ1n) is 10.1. The Morgan fingerprint density at radius 1 is 1.26 bits per heavy atom. The predicted octanol–water partition coefficient (Wildman–Crippen LogP) is 4.07. The van der Waals surface area contributed by atoms with E-state index in [1.54, 1.807) is 18.2 Å². The number of thiophene rings is 1. The van der Waals surface area contributed by atoms with Crippen molar-refractivity contribution in [3.05, 3.63) is 45.3 Å². The first-order valence-corrected chi connectivity index (χ1v) is 10.9. The van der Waals surface area contributed by atoms with Gasteiger partial charge in [0.2, 0.25) is 0 Å². The van der Waals surface area contributed by atoms with Gasteiger partial charge in [0, 0.05) is 4.88 Å². The van der Waals surface area contributed by atoms with E-state index in [1.807, 2.05) is 19.9 Å². The van der Waals surface area contributed by atoms with Crippen molar-refractivity contribution in [3.8, 4) is 17.6 Å². The van der Waals surface area contributed by atoms with Crippen molar-refractivity contribution < 1.29 is 19.1 Å². The van der Waals surface area contributed by atoms with E-state index in [0.717, 1.165) is 36.1 Å². The molecule has 0 bridgehead atoms. The SMILES string of the molecule is COc1cc(/C=C(\C#N)C(=O)Nc2sc3c(c2C(N)=O)CCCC3)ccc1OC(C)C. The largest absolute Gasteiger partial charge is 0.493 e. The summed E-state index contributed by atoms with van der Waals surface area (Å²) in [5.41, 5.74) is 7.38. The molecular weight excluding hydrogens is 414 g/mol. The fourth-order valence-corrected chi connectivity index (χ4v) is 4.82. The quantitative estimate of drug-likeness (QED) is 0.499. The molecule has 7 nitrogen and oxygen atoms in total. The zero-order chi connectivity index (χ0) is 22.5. The summed E-state index contributed by atoms with van der Waals surface area (Å²) < 4.78 is 11.1. The Hall–Kier alpha value is -3.31. The van der Waals surface area contributed by atoms with E-state index < -0.39 is 11.8 Å². The Morgan fingerprint density at radius 3 is 2.65 bits per heavy atom. The number of rotatable bonds is 7. The number of amides is 2. The second kappa shape index (κ2) is 9.67. The molecule has 0 spiro atoms. The number of primary amides is 1. The number of hydrogen-bond acceptors (Lipinski definition) is 6. The van der Waals surface area contributed by atoms with Crippen molar-refractivity contribution in [2.75, 3.05) is 12.4 Å². The number of fused-ring (bicyclic) bond motifs is 1. The maximum absolute atomic E-state index is 12.8. The van der Waals surface area contributed by atoms with Crippen molar-refractivity contribution in [1.82, 2.24) is 0 Å². The molecule has 2 amide bonds. The van der Waals surface area contributed by atoms with E-state index in [9.17, 15) is 14.9 Å². The van der Waals surface area contributed by atoms with Crippen LogP contribution in [0.15, 0.2) is 23.8 Å². The fraction of sp³-hybridized carbons (Fsp3) is 0.348. The van der Waals surface area contributed by atoms with Crippen LogP contribution in [0.4, 0.5) is 5.00 Å². The minimum atomic E-state index is -0.593. The molecule has 0 aliphatic heterocycles. The maximum atomic E-state index is 12.8. The summed E-state index contributed by atoms with van der Waals surface area (Å²) in [4.78, 5) is 25.9. The van der Waals surface area contributed by atoms with Crippen molar-refractivity contribution in [3.63, 3.8) is 0 Å². The second-order valence-electron chi connectivity index (χ2n) is 7.48. The number of hydrogen-bond donors (Lipinski definition) is 2. The highest BCUT2D eigenvalue weighted by atomic mass is 32.1. The zero-order valence-corrected chi connectivity index (χ0v) is 18.6. The number of methoxy groups -OCH3 is 1. The summed E-state index contributed by atoms with van der Waals surface area (Å²) in [5, 5.41) is 12.7. The number of nitriles is 1. The fourth-order valence-electron chi connectivity index (χ4n) is 3.53. The van der Waals surface area contributed by atoms with Gasteiger partial charge in [0.1, 0.15) is 16.6 Å². The molecular formula is C23H25N3O4S. The minimum absolute atomic E-state index is 0.0215. The van der Waals surface area contributed by atoms with Gasteiger partial charge in [-0.3, -0.25) is 9.59 Å². The van der Waals surface area contributed by atoms with Gasteiger partial charge in [0.25, 0.3) is 11.8 Å². The molecule has 0 unspecified atom stereocenters. The monoisotopic (exact) mass is 439 g/mol. The van der Waals surface area contributed by atoms with E-state index in [4.69, 9.17) is 15.2 Å². The highest BCUT2D eigenvalue weighted by Gasteiger charge is 2.25. The van der Waals surface area contributed by atoms with Crippen LogP contribution < -0.4 is 20.5 Å². The second-order valence-corrected chi connectivity index (χ2v) is 8.59. The first kappa shape index (κ1) is 22.4. The molecule has 162 valence electrons. The van der Waals surface area contributed by atoms with Crippen molar-refractivity contribution in [2.24, 2.45) is 5.73 Å². The van der Waals surface area contributed by atoms with Crippen LogP contribution in [0.3, 0.4) is 0 Å². The molecule has 0 radical (unpaired) electrons. The molecule has 3 N–H and O–H groups in total. The van der Waals surface area contributed by atoms with Crippen molar-refractivity contribution >= 4 is 34.2 Å². The lowest BCUT2D eigenvalue weighted by Crippen LogP contribution is -2.19. The van der Waals surface area contributed by atoms with Crippen molar-refractivity contribution in [2.45, 2.75) is 45.6 Å². The molecule has 2 aromatic rings. The smallest absolute Gasteiger partial charge is 0.266 e. The molecule has 1 aromatic carbocycles. The van der Waals surface area contributed by atoms with Gasteiger partial charge in [-0.2, -0.15) is 5.26 Å². The topological polar surface area (TPSA) is 114 Å². The first-order chi connectivity index (χ1) is 14.8. The summed E-state index contributed by atoms with van der Waals surface area (Å²) in [7, 11) is 1.53. The lowest BCUT2D eigenvalue weighted by atomic mass is 9.95. The number of nitrogens with zero attached hydrogens (tertiary/aromatic N) is 1. The number of nitrogens with two attached hydrogens (primary N) is 1. The van der Waals surface area contributed by atoms with Crippen molar-refractivity contribution in [1.29, 1.82) is 5.26 Å². The molecule has 8 heteroatoms. The Morgan fingerprint density at radius 2 is 2.00 bits per heavy atom. The number of ether oxygens (including phenoxy) is 2. The zero-order valence-electron chi connectivity index (χ0n) is 17.8. The van der Waals surface area contributed by atoms with Gasteiger partial charge in [-0.05, 0) is 68.9 Å². The third-order valence-corrected chi connectivity index (χ3v) is 6.08. The number of carbonyl (C=O) groups excluding carboxylic acids is 2. The van der Waals surface area contributed by atoms with Crippen LogP contribution in [0.1, 0.15) is 53.1 Å². The standard InChI is InChI=1S/C23H25N3O4S/c1-13(2)30-17-9-8-14(11-18(17)29-3)10-15(12-24)22(28)26-23-20(21(25)27)16-6-4-5-7-19(16)31-23/h8-11,13H,4-7H2,1-3H3,(H2,25,27)(H,26,28)/b15-10+. The molecule has 1 aliphatic rings. The van der Waals surface area contributed by atoms with Gasteiger partial charge < -0.3 is 20.5 Å². The van der Waals surface area contributed by atoms with Gasteiger partial charge in [0.15, 0.2) is 11.5 Å². The molecule has 3 rings (SSSR count). The summed E-state index contributed by atoms with van der Waals surface area (Å²) in [6.07, 6.45) is 5.11. The average molecular weight is 440 g/mol. The van der Waals surface area contributed by atoms with Crippen LogP contribution in [0.25, 0.3) is 6.08 Å². The highest BCUT2D eigenvalue weighted by Crippen LogP contribution is 2.38. The number of aryl methyl sites for hydroxylation is 1. The molecule has 1 aliphatic carbocycles. The van der Waals surface area contributed by atoms with Gasteiger partial charge in [-0.1, -0.05) is 6.07 Å². The van der Waals surface area contributed by atoms with E-state index in [-0.39, 0.29) is 11.7 Å².